The van der Waals surface area contributed by atoms with Gasteiger partial charge in [-0.25, -0.2) is 4.98 Å². The molecule has 1 unspecified atom stereocenters. The first-order valence-electron chi connectivity index (χ1n) is 7.19. The van der Waals surface area contributed by atoms with Crippen molar-refractivity contribution in [2.75, 3.05) is 13.7 Å². The molecule has 0 N–H and O–H groups in total. The maximum atomic E-state index is 11.6. The van der Waals surface area contributed by atoms with Crippen molar-refractivity contribution in [2.45, 2.75) is 17.3 Å². The predicted octanol–water partition coefficient (Wildman–Crippen LogP) is 4.13. The molecule has 0 aliphatic carbocycles. The average Bonchev–Trinajstić information content (AvgIpc) is 2.62. The molecule has 0 bridgehead atoms. The lowest BCUT2D eigenvalue weighted by Crippen LogP contribution is -2.08. The second-order valence-corrected chi connectivity index (χ2v) is 7.14. The lowest BCUT2D eigenvalue weighted by molar-refractivity contribution is -0.500. The molecule has 1 aromatic heterocycles. The van der Waals surface area contributed by atoms with Gasteiger partial charge in [-0.15, -0.1) is 6.42 Å². The molecule has 2 rings (SSSR count). The number of nitrogens with zero attached hydrogens (tertiary/aromatic N) is 2. The van der Waals surface area contributed by atoms with Crippen LogP contribution in [0.25, 0.3) is 0 Å². The van der Waals surface area contributed by atoms with Gasteiger partial charge in [0.2, 0.25) is 0 Å². The zero-order valence-corrected chi connectivity index (χ0v) is 15.3. The van der Waals surface area contributed by atoms with E-state index in [1.165, 1.54) is 17.9 Å². The van der Waals surface area contributed by atoms with Crippen LogP contribution < -0.4 is 9.47 Å². The van der Waals surface area contributed by atoms with Crippen LogP contribution in [-0.2, 0) is 0 Å². The summed E-state index contributed by atoms with van der Waals surface area (Å²) < 4.78 is 10.7. The molecular weight excluding hydrogens is 360 g/mol. The highest BCUT2D eigenvalue weighted by Gasteiger charge is 2.28. The molecule has 0 saturated heterocycles. The van der Waals surface area contributed by atoms with Crippen molar-refractivity contribution in [3.05, 3.63) is 57.8 Å². The Morgan fingerprint density at radius 3 is 2.80 bits per heavy atom. The summed E-state index contributed by atoms with van der Waals surface area (Å²) in [5, 5.41) is 11.3. The van der Waals surface area contributed by atoms with E-state index in [4.69, 9.17) is 15.9 Å². The highest BCUT2D eigenvalue weighted by Crippen LogP contribution is 2.45. The summed E-state index contributed by atoms with van der Waals surface area (Å²) in [7, 11) is 3.86. The van der Waals surface area contributed by atoms with Gasteiger partial charge in [0, 0.05) is 16.7 Å². The number of ether oxygens (including phenoxy) is 2. The molecule has 0 fully saturated rings. The first-order chi connectivity index (χ1) is 12.1. The standard InChI is InChI=1S/C17H16N2O4S2/c1-4-9-23-15-10-12(2)13(11-14(15)22-3)17(19(20)21)25-24-16-7-5-6-8-18-16/h1,5-8,10-11,17H,9H2,2-3H3. The molecule has 0 radical (unpaired) electrons. The Hall–Kier alpha value is -2.37. The van der Waals surface area contributed by atoms with Crippen LogP contribution in [0.1, 0.15) is 16.5 Å². The summed E-state index contributed by atoms with van der Waals surface area (Å²) in [4.78, 5) is 15.4. The Balaban J connectivity index is 2.28. The molecule has 0 spiro atoms. The minimum absolute atomic E-state index is 0.0953. The summed E-state index contributed by atoms with van der Waals surface area (Å²) in [5.74, 6) is 3.25. The number of hydrogen-bond acceptors (Lipinski definition) is 7. The third kappa shape index (κ3) is 5.05. The molecule has 1 aromatic carbocycles. The highest BCUT2D eigenvalue weighted by atomic mass is 33.1. The number of hydrogen-bond donors (Lipinski definition) is 0. The van der Waals surface area contributed by atoms with Gasteiger partial charge in [0.1, 0.15) is 11.6 Å². The average molecular weight is 376 g/mol. The third-order valence-electron chi connectivity index (χ3n) is 3.18. The Kier molecular flexibility index (Phi) is 6.98. The van der Waals surface area contributed by atoms with Gasteiger partial charge < -0.3 is 9.47 Å². The molecule has 0 aliphatic rings. The van der Waals surface area contributed by atoms with E-state index < -0.39 is 5.37 Å². The van der Waals surface area contributed by atoms with Gasteiger partial charge in [-0.3, -0.25) is 10.1 Å². The third-order valence-corrected chi connectivity index (χ3v) is 5.65. The first-order valence-corrected chi connectivity index (χ1v) is 9.40. The van der Waals surface area contributed by atoms with Gasteiger partial charge >= 0.3 is 0 Å². The fourth-order valence-electron chi connectivity index (χ4n) is 2.03. The Labute approximate surface area is 153 Å². The van der Waals surface area contributed by atoms with Crippen LogP contribution in [0.2, 0.25) is 0 Å². The molecular formula is C17H16N2O4S2. The zero-order valence-electron chi connectivity index (χ0n) is 13.7. The van der Waals surface area contributed by atoms with Crippen molar-refractivity contribution in [3.8, 4) is 23.8 Å². The number of benzene rings is 1. The van der Waals surface area contributed by atoms with E-state index in [-0.39, 0.29) is 11.5 Å². The highest BCUT2D eigenvalue weighted by molar-refractivity contribution is 8.76. The number of pyridine rings is 1. The van der Waals surface area contributed by atoms with Gasteiger partial charge in [-0.1, -0.05) is 12.0 Å². The SMILES string of the molecule is C#CCOc1cc(C)c(C(SSc2ccccn2)[N+](=O)[O-])cc1OC. The molecule has 0 saturated carbocycles. The summed E-state index contributed by atoms with van der Waals surface area (Å²) in [6, 6.07) is 8.76. The Morgan fingerprint density at radius 1 is 1.40 bits per heavy atom. The second-order valence-electron chi connectivity index (χ2n) is 4.84. The van der Waals surface area contributed by atoms with Crippen LogP contribution in [0.3, 0.4) is 0 Å². The number of rotatable bonds is 8. The zero-order chi connectivity index (χ0) is 18.2. The van der Waals surface area contributed by atoms with Crippen LogP contribution in [0.15, 0.2) is 41.6 Å². The number of methoxy groups -OCH3 is 1. The van der Waals surface area contributed by atoms with Crippen molar-refractivity contribution < 1.29 is 14.4 Å². The van der Waals surface area contributed by atoms with E-state index >= 15 is 0 Å². The minimum Gasteiger partial charge on any atom is -0.493 e. The minimum atomic E-state index is -0.970. The largest absolute Gasteiger partial charge is 0.493 e. The topological polar surface area (TPSA) is 74.5 Å². The van der Waals surface area contributed by atoms with Gasteiger partial charge in [-0.2, -0.15) is 0 Å². The molecule has 8 heteroatoms. The number of nitro groups is 1. The molecule has 130 valence electrons. The predicted molar refractivity (Wildman–Crippen MR) is 99.5 cm³/mol. The molecule has 2 aromatic rings. The number of aromatic nitrogens is 1. The van der Waals surface area contributed by atoms with Crippen LogP contribution >= 0.6 is 21.6 Å². The quantitative estimate of drug-likeness (QED) is 0.225. The molecule has 1 atom stereocenters. The van der Waals surface area contributed by atoms with Crippen molar-refractivity contribution in [3.63, 3.8) is 0 Å². The lowest BCUT2D eigenvalue weighted by atomic mass is 10.1. The van der Waals surface area contributed by atoms with Gasteiger partial charge in [0.15, 0.2) is 11.5 Å². The number of terminal acetylenes is 1. The van der Waals surface area contributed by atoms with E-state index in [1.807, 2.05) is 6.07 Å². The van der Waals surface area contributed by atoms with Crippen molar-refractivity contribution in [1.82, 2.24) is 4.98 Å². The Bertz CT molecular complexity index is 778. The molecule has 6 nitrogen and oxygen atoms in total. The molecule has 0 aliphatic heterocycles. The first kappa shape index (κ1) is 19.0. The van der Waals surface area contributed by atoms with Gasteiger partial charge in [0.25, 0.3) is 5.37 Å². The molecule has 1 heterocycles. The monoisotopic (exact) mass is 376 g/mol. The summed E-state index contributed by atoms with van der Waals surface area (Å²) >= 11 is 0. The molecule has 25 heavy (non-hydrogen) atoms. The normalized spacial score (nSPS) is 11.4. The maximum absolute atomic E-state index is 11.6. The fraction of sp³-hybridized carbons (Fsp3) is 0.235. The summed E-state index contributed by atoms with van der Waals surface area (Å²) in [6.07, 6.45) is 6.85. The fourth-order valence-corrected chi connectivity index (χ4v) is 4.27. The van der Waals surface area contributed by atoms with E-state index in [2.05, 4.69) is 10.9 Å². The maximum Gasteiger partial charge on any atom is 0.293 e. The van der Waals surface area contributed by atoms with Crippen molar-refractivity contribution in [1.29, 1.82) is 0 Å². The van der Waals surface area contributed by atoms with Crippen LogP contribution in [0, 0.1) is 29.4 Å². The van der Waals surface area contributed by atoms with Crippen LogP contribution in [0.4, 0.5) is 0 Å². The van der Waals surface area contributed by atoms with Crippen LogP contribution in [0.5, 0.6) is 11.5 Å². The van der Waals surface area contributed by atoms with Crippen molar-refractivity contribution in [2.24, 2.45) is 0 Å². The van der Waals surface area contributed by atoms with Crippen molar-refractivity contribution >= 4 is 21.6 Å². The van der Waals surface area contributed by atoms with E-state index in [0.717, 1.165) is 16.4 Å². The number of aryl methyl sites for hydroxylation is 1. The smallest absolute Gasteiger partial charge is 0.293 e. The summed E-state index contributed by atoms with van der Waals surface area (Å²) in [6.45, 7) is 1.89. The van der Waals surface area contributed by atoms with E-state index in [9.17, 15) is 10.1 Å². The molecule has 0 amide bonds. The van der Waals surface area contributed by atoms with E-state index in [0.29, 0.717) is 22.1 Å². The Morgan fingerprint density at radius 2 is 2.20 bits per heavy atom. The van der Waals surface area contributed by atoms with E-state index in [1.54, 1.807) is 37.4 Å². The summed E-state index contributed by atoms with van der Waals surface area (Å²) in [5.41, 5.74) is 1.27. The van der Waals surface area contributed by atoms with Gasteiger partial charge in [-0.05, 0) is 58.3 Å². The lowest BCUT2D eigenvalue weighted by Gasteiger charge is -2.15. The van der Waals surface area contributed by atoms with Gasteiger partial charge in [0.05, 0.1) is 7.11 Å². The van der Waals surface area contributed by atoms with Crippen LogP contribution in [-0.4, -0.2) is 23.6 Å². The second kappa shape index (κ2) is 9.20.